The summed E-state index contributed by atoms with van der Waals surface area (Å²) in [6.07, 6.45) is 6.43. The van der Waals surface area contributed by atoms with Crippen molar-refractivity contribution in [3.8, 4) is 16.9 Å². The monoisotopic (exact) mass is 450 g/mol. The molecule has 174 valence electrons. The Morgan fingerprint density at radius 1 is 1.09 bits per heavy atom. The molecule has 0 spiro atoms. The van der Waals surface area contributed by atoms with Gasteiger partial charge in [-0.2, -0.15) is 0 Å². The predicted molar refractivity (Wildman–Crippen MR) is 126 cm³/mol. The third-order valence-electron chi connectivity index (χ3n) is 5.79. The number of ether oxygens (including phenoxy) is 3. The average molecular weight is 451 g/mol. The summed E-state index contributed by atoms with van der Waals surface area (Å²) in [5, 5.41) is 19.7. The van der Waals surface area contributed by atoms with Crippen LogP contribution in [0.1, 0.15) is 30.5 Å². The molecule has 4 atom stereocenters. The van der Waals surface area contributed by atoms with Gasteiger partial charge in [-0.3, -0.25) is 0 Å². The lowest BCUT2D eigenvalue weighted by atomic mass is 10.0. The summed E-state index contributed by atoms with van der Waals surface area (Å²) in [7, 11) is 1.67. The van der Waals surface area contributed by atoms with Gasteiger partial charge < -0.3 is 29.0 Å². The zero-order valence-electron chi connectivity index (χ0n) is 18.9. The Balaban J connectivity index is 1.41. The van der Waals surface area contributed by atoms with E-state index < -0.39 is 6.10 Å². The maximum absolute atomic E-state index is 9.86. The number of aromatic nitrogens is 2. The van der Waals surface area contributed by atoms with Gasteiger partial charge in [0.15, 0.2) is 6.10 Å². The second-order valence-electron chi connectivity index (χ2n) is 8.09. The van der Waals surface area contributed by atoms with Gasteiger partial charge in [0.2, 0.25) is 0 Å². The van der Waals surface area contributed by atoms with Crippen LogP contribution in [0.3, 0.4) is 0 Å². The van der Waals surface area contributed by atoms with Crippen molar-refractivity contribution in [3.63, 3.8) is 0 Å². The summed E-state index contributed by atoms with van der Waals surface area (Å²) < 4.78 is 18.6. The largest absolute Gasteiger partial charge is 0.485 e. The fourth-order valence-corrected chi connectivity index (χ4v) is 3.92. The van der Waals surface area contributed by atoms with E-state index in [0.29, 0.717) is 19.0 Å². The lowest BCUT2D eigenvalue weighted by Gasteiger charge is -2.18. The highest BCUT2D eigenvalue weighted by Gasteiger charge is 2.29. The standard InChI is InChI=1S/C26H30N2O5/c1-18(30)26-27-13-14-28(26)22(15-29)10-5-19-3-6-20(7-4-19)21-8-11-23(12-9-21)33-25-17-32-16-24(25)31-2/h3-14,18,22,24-25,29-30H,15-17H2,1-2H3/b10-5+/t18?,22-,24-,25-/m0/s1. The summed E-state index contributed by atoms with van der Waals surface area (Å²) >= 11 is 0. The Bertz CT molecular complexity index is 1040. The van der Waals surface area contributed by atoms with E-state index in [1.54, 1.807) is 31.0 Å². The summed E-state index contributed by atoms with van der Waals surface area (Å²) in [4.78, 5) is 4.17. The molecule has 1 unspecified atom stereocenters. The first-order chi connectivity index (χ1) is 16.1. The van der Waals surface area contributed by atoms with Crippen LogP contribution < -0.4 is 4.74 Å². The van der Waals surface area contributed by atoms with Gasteiger partial charge in [0.25, 0.3) is 0 Å². The van der Waals surface area contributed by atoms with Gasteiger partial charge in [-0.15, -0.1) is 0 Å². The highest BCUT2D eigenvalue weighted by atomic mass is 16.6. The molecule has 1 fully saturated rings. The molecule has 1 saturated heterocycles. The van der Waals surface area contributed by atoms with E-state index in [4.69, 9.17) is 14.2 Å². The molecular weight excluding hydrogens is 420 g/mol. The molecule has 7 nitrogen and oxygen atoms in total. The van der Waals surface area contributed by atoms with Gasteiger partial charge in [-0.05, 0) is 35.7 Å². The Morgan fingerprint density at radius 3 is 2.39 bits per heavy atom. The van der Waals surface area contributed by atoms with Crippen molar-refractivity contribution in [2.45, 2.75) is 31.3 Å². The zero-order chi connectivity index (χ0) is 23.2. The van der Waals surface area contributed by atoms with Crippen LogP contribution in [0, 0.1) is 0 Å². The predicted octanol–water partition coefficient (Wildman–Crippen LogP) is 3.64. The maximum atomic E-state index is 9.86. The molecule has 2 heterocycles. The topological polar surface area (TPSA) is 86.0 Å². The van der Waals surface area contributed by atoms with Gasteiger partial charge in [0.1, 0.15) is 23.8 Å². The number of imidazole rings is 1. The Labute approximate surface area is 193 Å². The second-order valence-corrected chi connectivity index (χ2v) is 8.09. The van der Waals surface area contributed by atoms with Crippen LogP contribution >= 0.6 is 0 Å². The molecule has 0 saturated carbocycles. The number of hydrogen-bond acceptors (Lipinski definition) is 6. The summed E-state index contributed by atoms with van der Waals surface area (Å²) in [5.41, 5.74) is 3.21. The van der Waals surface area contributed by atoms with Crippen LogP contribution in [0.15, 0.2) is 67.0 Å². The number of hydrogen-bond donors (Lipinski definition) is 2. The molecule has 0 radical (unpaired) electrons. The number of aliphatic hydroxyl groups is 2. The van der Waals surface area contributed by atoms with Crippen molar-refractivity contribution in [1.29, 1.82) is 0 Å². The first kappa shape index (κ1) is 23.2. The van der Waals surface area contributed by atoms with Gasteiger partial charge in [-0.1, -0.05) is 48.6 Å². The molecule has 0 amide bonds. The molecule has 0 aliphatic carbocycles. The summed E-state index contributed by atoms with van der Waals surface area (Å²) in [5.74, 6) is 1.32. The van der Waals surface area contributed by atoms with E-state index in [0.717, 1.165) is 22.4 Å². The van der Waals surface area contributed by atoms with Crippen molar-refractivity contribution >= 4 is 6.08 Å². The van der Waals surface area contributed by atoms with Crippen LogP contribution in [0.5, 0.6) is 5.75 Å². The average Bonchev–Trinajstić information content (AvgIpc) is 3.50. The quantitative estimate of drug-likeness (QED) is 0.518. The van der Waals surface area contributed by atoms with E-state index in [1.165, 1.54) is 0 Å². The van der Waals surface area contributed by atoms with Crippen LogP contribution in [0.4, 0.5) is 0 Å². The lowest BCUT2D eigenvalue weighted by Crippen LogP contribution is -2.31. The normalized spacial score (nSPS) is 20.2. The smallest absolute Gasteiger partial charge is 0.150 e. The van der Waals surface area contributed by atoms with Crippen molar-refractivity contribution < 1.29 is 24.4 Å². The highest BCUT2D eigenvalue weighted by molar-refractivity contribution is 5.66. The van der Waals surface area contributed by atoms with E-state index >= 15 is 0 Å². The Morgan fingerprint density at radius 2 is 1.76 bits per heavy atom. The zero-order valence-corrected chi connectivity index (χ0v) is 18.9. The number of rotatable bonds is 9. The van der Waals surface area contributed by atoms with Crippen molar-refractivity contribution in [1.82, 2.24) is 9.55 Å². The van der Waals surface area contributed by atoms with Crippen molar-refractivity contribution in [3.05, 3.63) is 78.4 Å². The number of benzene rings is 2. The summed E-state index contributed by atoms with van der Waals surface area (Å²) in [6, 6.07) is 15.9. The van der Waals surface area contributed by atoms with Crippen LogP contribution in [-0.4, -0.2) is 58.9 Å². The number of nitrogens with zero attached hydrogens (tertiary/aromatic N) is 2. The molecule has 33 heavy (non-hydrogen) atoms. The highest BCUT2D eigenvalue weighted by Crippen LogP contribution is 2.25. The Kier molecular flexibility index (Phi) is 7.57. The fourth-order valence-electron chi connectivity index (χ4n) is 3.92. The molecule has 4 rings (SSSR count). The third-order valence-corrected chi connectivity index (χ3v) is 5.79. The molecule has 0 bridgehead atoms. The minimum atomic E-state index is -0.702. The van der Waals surface area contributed by atoms with E-state index in [9.17, 15) is 10.2 Å². The van der Waals surface area contributed by atoms with Crippen LogP contribution in [0.25, 0.3) is 17.2 Å². The minimum absolute atomic E-state index is 0.0388. The lowest BCUT2D eigenvalue weighted by molar-refractivity contribution is 0.0326. The molecule has 2 aromatic carbocycles. The fraction of sp³-hybridized carbons (Fsp3) is 0.346. The summed E-state index contributed by atoms with van der Waals surface area (Å²) in [6.45, 7) is 2.67. The molecular formula is C26H30N2O5. The minimum Gasteiger partial charge on any atom is -0.485 e. The first-order valence-corrected chi connectivity index (χ1v) is 11.1. The number of methoxy groups -OCH3 is 1. The van der Waals surface area contributed by atoms with E-state index in [2.05, 4.69) is 17.1 Å². The molecule has 2 N–H and O–H groups in total. The van der Waals surface area contributed by atoms with Crippen molar-refractivity contribution in [2.24, 2.45) is 0 Å². The van der Waals surface area contributed by atoms with Crippen molar-refractivity contribution in [2.75, 3.05) is 26.9 Å². The van der Waals surface area contributed by atoms with E-state index in [1.807, 2.05) is 48.6 Å². The van der Waals surface area contributed by atoms with Gasteiger partial charge in [0, 0.05) is 19.5 Å². The van der Waals surface area contributed by atoms with Crippen LogP contribution in [0.2, 0.25) is 0 Å². The van der Waals surface area contributed by atoms with Crippen LogP contribution in [-0.2, 0) is 9.47 Å². The Hall–Kier alpha value is -2.97. The maximum Gasteiger partial charge on any atom is 0.150 e. The molecule has 1 aliphatic rings. The second kappa shape index (κ2) is 10.8. The first-order valence-electron chi connectivity index (χ1n) is 11.1. The van der Waals surface area contributed by atoms with E-state index in [-0.39, 0.29) is 24.9 Å². The van der Waals surface area contributed by atoms with Gasteiger partial charge >= 0.3 is 0 Å². The van der Waals surface area contributed by atoms with Gasteiger partial charge in [0.05, 0.1) is 25.9 Å². The number of aliphatic hydroxyl groups excluding tert-OH is 2. The van der Waals surface area contributed by atoms with Gasteiger partial charge in [-0.25, -0.2) is 4.98 Å². The molecule has 3 aromatic rings. The third kappa shape index (κ3) is 5.51. The molecule has 7 heteroatoms. The molecule has 1 aliphatic heterocycles. The SMILES string of the molecule is CO[C@H]1COC[C@@H]1Oc1ccc(-c2ccc(/C=C/[C@@H](CO)n3ccnc3C(C)O)cc2)cc1. The molecule has 1 aromatic heterocycles.